The summed E-state index contributed by atoms with van der Waals surface area (Å²) in [6.45, 7) is 0. The monoisotopic (exact) mass is 193 g/mol. The average molecular weight is 193 g/mol. The summed E-state index contributed by atoms with van der Waals surface area (Å²) in [5, 5.41) is 0. The number of carbonyl (C=O) groups excluding carboxylic acids is 1. The quantitative estimate of drug-likeness (QED) is 0.725. The number of nitrogens with two attached hydrogens (primary N) is 1. The number of hydrogen-bond donors (Lipinski definition) is 1. The third-order valence-corrected chi connectivity index (χ3v) is 1.54. The van der Waals surface area contributed by atoms with E-state index in [9.17, 15) is 9.18 Å². The Morgan fingerprint density at radius 1 is 1.64 bits per heavy atom. The number of hydrogen-bond acceptors (Lipinski definition) is 2. The Labute approximate surface area is 80.7 Å². The SMILES string of the molecule is C#CC(OC(N)=O)c1cccc(F)c1. The number of halogens is 1. The molecular formula is C10H8FNO2. The van der Waals surface area contributed by atoms with Crippen molar-refractivity contribution in [3.8, 4) is 12.3 Å². The van der Waals surface area contributed by atoms with Gasteiger partial charge < -0.3 is 10.5 Å². The van der Waals surface area contributed by atoms with Crippen LogP contribution in [0, 0.1) is 18.2 Å². The van der Waals surface area contributed by atoms with Gasteiger partial charge in [-0.3, -0.25) is 0 Å². The minimum Gasteiger partial charge on any atom is -0.428 e. The second-order valence-electron chi connectivity index (χ2n) is 2.54. The molecule has 4 heteroatoms. The van der Waals surface area contributed by atoms with E-state index in [1.807, 2.05) is 0 Å². The highest BCUT2D eigenvalue weighted by atomic mass is 19.1. The predicted molar refractivity (Wildman–Crippen MR) is 48.6 cm³/mol. The zero-order chi connectivity index (χ0) is 10.6. The van der Waals surface area contributed by atoms with Gasteiger partial charge in [-0.1, -0.05) is 18.1 Å². The maximum absolute atomic E-state index is 12.8. The van der Waals surface area contributed by atoms with Crippen molar-refractivity contribution in [3.63, 3.8) is 0 Å². The number of ether oxygens (including phenoxy) is 1. The smallest absolute Gasteiger partial charge is 0.406 e. The summed E-state index contributed by atoms with van der Waals surface area (Å²) in [6, 6.07) is 5.48. The molecule has 14 heavy (non-hydrogen) atoms. The Bertz CT molecular complexity index is 384. The van der Waals surface area contributed by atoms with Crippen LogP contribution in [-0.4, -0.2) is 6.09 Å². The van der Waals surface area contributed by atoms with Gasteiger partial charge in [-0.05, 0) is 12.1 Å². The van der Waals surface area contributed by atoms with Gasteiger partial charge in [0.1, 0.15) is 5.82 Å². The van der Waals surface area contributed by atoms with Crippen LogP contribution in [-0.2, 0) is 4.74 Å². The fraction of sp³-hybridized carbons (Fsp3) is 0.100. The summed E-state index contributed by atoms with van der Waals surface area (Å²) in [6.07, 6.45) is 3.17. The molecule has 72 valence electrons. The van der Waals surface area contributed by atoms with Gasteiger partial charge in [0.05, 0.1) is 0 Å². The molecule has 1 unspecified atom stereocenters. The molecule has 0 saturated carbocycles. The molecule has 0 bridgehead atoms. The molecule has 0 aromatic heterocycles. The molecule has 1 rings (SSSR count). The van der Waals surface area contributed by atoms with Gasteiger partial charge in [-0.2, -0.15) is 0 Å². The summed E-state index contributed by atoms with van der Waals surface area (Å²) >= 11 is 0. The number of primary amides is 1. The van der Waals surface area contributed by atoms with Crippen molar-refractivity contribution >= 4 is 6.09 Å². The number of carbonyl (C=O) groups is 1. The molecule has 0 aliphatic heterocycles. The molecule has 0 spiro atoms. The van der Waals surface area contributed by atoms with E-state index >= 15 is 0 Å². The lowest BCUT2D eigenvalue weighted by molar-refractivity contribution is 0.134. The van der Waals surface area contributed by atoms with Crippen LogP contribution in [0.25, 0.3) is 0 Å². The van der Waals surface area contributed by atoms with Crippen LogP contribution in [0.3, 0.4) is 0 Å². The highest BCUT2D eigenvalue weighted by molar-refractivity contribution is 5.65. The van der Waals surface area contributed by atoms with E-state index in [0.717, 1.165) is 0 Å². The second-order valence-corrected chi connectivity index (χ2v) is 2.54. The molecule has 1 amide bonds. The molecule has 0 heterocycles. The lowest BCUT2D eigenvalue weighted by Gasteiger charge is -2.10. The summed E-state index contributed by atoms with van der Waals surface area (Å²) < 4.78 is 17.3. The van der Waals surface area contributed by atoms with Crippen molar-refractivity contribution in [3.05, 3.63) is 35.6 Å². The Morgan fingerprint density at radius 3 is 2.86 bits per heavy atom. The van der Waals surface area contributed by atoms with Crippen LogP contribution in [0.4, 0.5) is 9.18 Å². The van der Waals surface area contributed by atoms with Gasteiger partial charge in [0.25, 0.3) is 0 Å². The fourth-order valence-electron chi connectivity index (χ4n) is 0.984. The van der Waals surface area contributed by atoms with E-state index in [4.69, 9.17) is 12.2 Å². The molecule has 3 nitrogen and oxygen atoms in total. The summed E-state index contributed by atoms with van der Waals surface area (Å²) in [4.78, 5) is 10.4. The third-order valence-electron chi connectivity index (χ3n) is 1.54. The van der Waals surface area contributed by atoms with Crippen molar-refractivity contribution in [2.45, 2.75) is 6.10 Å². The lowest BCUT2D eigenvalue weighted by atomic mass is 10.1. The maximum Gasteiger partial charge on any atom is 0.406 e. The third kappa shape index (κ3) is 2.49. The molecule has 1 aromatic carbocycles. The summed E-state index contributed by atoms with van der Waals surface area (Å²) in [5.41, 5.74) is 5.17. The Balaban J connectivity index is 2.90. The van der Waals surface area contributed by atoms with E-state index in [0.29, 0.717) is 5.56 Å². The molecule has 0 radical (unpaired) electrons. The summed E-state index contributed by atoms with van der Waals surface area (Å²) in [5.74, 6) is 1.74. The van der Waals surface area contributed by atoms with Crippen molar-refractivity contribution in [1.82, 2.24) is 0 Å². The first kappa shape index (κ1) is 10.1. The van der Waals surface area contributed by atoms with E-state index in [2.05, 4.69) is 10.7 Å². The highest BCUT2D eigenvalue weighted by Crippen LogP contribution is 2.16. The Hall–Kier alpha value is -2.02. The van der Waals surface area contributed by atoms with Crippen molar-refractivity contribution in [2.75, 3.05) is 0 Å². The van der Waals surface area contributed by atoms with Gasteiger partial charge in [0, 0.05) is 5.56 Å². The molecule has 0 aliphatic rings. The Kier molecular flexibility index (Phi) is 3.08. The molecule has 2 N–H and O–H groups in total. The Morgan fingerprint density at radius 2 is 2.36 bits per heavy atom. The number of rotatable bonds is 2. The van der Waals surface area contributed by atoms with Gasteiger partial charge in [0.15, 0.2) is 6.10 Å². The van der Waals surface area contributed by atoms with E-state index in [1.54, 1.807) is 6.07 Å². The van der Waals surface area contributed by atoms with Crippen LogP contribution < -0.4 is 5.73 Å². The first-order valence-corrected chi connectivity index (χ1v) is 3.81. The first-order valence-electron chi connectivity index (χ1n) is 3.81. The second kappa shape index (κ2) is 4.28. The predicted octanol–water partition coefficient (Wildman–Crippen LogP) is 1.60. The minimum absolute atomic E-state index is 0.381. The van der Waals surface area contributed by atoms with Crippen molar-refractivity contribution in [2.24, 2.45) is 5.73 Å². The number of terminal acetylenes is 1. The minimum atomic E-state index is -0.989. The van der Waals surface area contributed by atoms with Gasteiger partial charge in [0.2, 0.25) is 0 Å². The summed E-state index contributed by atoms with van der Waals surface area (Å²) in [7, 11) is 0. The van der Waals surface area contributed by atoms with E-state index in [1.165, 1.54) is 18.2 Å². The van der Waals surface area contributed by atoms with Gasteiger partial charge in [-0.25, -0.2) is 9.18 Å². The molecular weight excluding hydrogens is 185 g/mol. The fourth-order valence-corrected chi connectivity index (χ4v) is 0.984. The zero-order valence-electron chi connectivity index (χ0n) is 7.24. The highest BCUT2D eigenvalue weighted by Gasteiger charge is 2.11. The first-order chi connectivity index (χ1) is 6.63. The van der Waals surface area contributed by atoms with E-state index < -0.39 is 18.0 Å². The van der Waals surface area contributed by atoms with Gasteiger partial charge in [-0.15, -0.1) is 6.42 Å². The lowest BCUT2D eigenvalue weighted by Crippen LogP contribution is -2.16. The van der Waals surface area contributed by atoms with Gasteiger partial charge >= 0.3 is 6.09 Å². The normalized spacial score (nSPS) is 11.4. The largest absolute Gasteiger partial charge is 0.428 e. The van der Waals surface area contributed by atoms with Crippen molar-refractivity contribution in [1.29, 1.82) is 0 Å². The van der Waals surface area contributed by atoms with Crippen LogP contribution in [0.5, 0.6) is 0 Å². The average Bonchev–Trinajstić information content (AvgIpc) is 2.14. The maximum atomic E-state index is 12.8. The standard InChI is InChI=1S/C10H8FNO2/c1-2-9(14-10(12)13)7-4-3-5-8(11)6-7/h1,3-6,9H,(H2,12,13). The zero-order valence-corrected chi connectivity index (χ0v) is 7.24. The van der Waals surface area contributed by atoms with E-state index in [-0.39, 0.29) is 0 Å². The van der Waals surface area contributed by atoms with Crippen LogP contribution in [0.2, 0.25) is 0 Å². The molecule has 0 aliphatic carbocycles. The number of benzene rings is 1. The molecule has 1 aromatic rings. The topological polar surface area (TPSA) is 52.3 Å². The van der Waals surface area contributed by atoms with Crippen LogP contribution >= 0.6 is 0 Å². The molecule has 1 atom stereocenters. The van der Waals surface area contributed by atoms with Crippen molar-refractivity contribution < 1.29 is 13.9 Å². The molecule has 0 fully saturated rings. The number of amides is 1. The van der Waals surface area contributed by atoms with Crippen LogP contribution in [0.15, 0.2) is 24.3 Å². The molecule has 0 saturated heterocycles. The van der Waals surface area contributed by atoms with Crippen LogP contribution in [0.1, 0.15) is 11.7 Å².